The topological polar surface area (TPSA) is 99.2 Å². The maximum absolute atomic E-state index is 12.6. The zero-order valence-electron chi connectivity index (χ0n) is 16.9. The molecule has 1 atom stereocenters. The van der Waals surface area contributed by atoms with Crippen molar-refractivity contribution in [3.63, 3.8) is 0 Å². The first-order valence-corrected chi connectivity index (χ1v) is 9.83. The third-order valence-corrected chi connectivity index (χ3v) is 5.10. The van der Waals surface area contributed by atoms with Crippen LogP contribution < -0.4 is 10.1 Å². The van der Waals surface area contributed by atoms with Crippen molar-refractivity contribution >= 4 is 17.4 Å². The van der Waals surface area contributed by atoms with Gasteiger partial charge in [0.25, 0.3) is 0 Å². The highest BCUT2D eigenvalue weighted by atomic mass is 16.5. The zero-order valence-corrected chi connectivity index (χ0v) is 16.9. The Bertz CT molecular complexity index is 1260. The van der Waals surface area contributed by atoms with E-state index in [1.807, 2.05) is 57.2 Å². The lowest BCUT2D eigenvalue weighted by Crippen LogP contribution is -2.25. The number of aryl methyl sites for hydroxylation is 1. The number of nitrogens with one attached hydrogen (secondary N) is 1. The fraction of sp³-hybridized carbons (Fsp3) is 0.286. The average Bonchev–Trinajstić information content (AvgIpc) is 3.31. The first-order valence-electron chi connectivity index (χ1n) is 9.83. The minimum absolute atomic E-state index is 0.0609. The predicted molar refractivity (Wildman–Crippen MR) is 110 cm³/mol. The van der Waals surface area contributed by atoms with Gasteiger partial charge in [-0.1, -0.05) is 12.1 Å². The normalized spacial score (nSPS) is 16.0. The standard InChI is InChI=1S/C21H21N7O2/c1-12(2)30-15-6-4-5-14(9-15)16-10-19(29)23-21-20(16)13(3)25-28(21)18-8-7-17-24-22-11-27(17)26-18/h4-9,11-12,16H,10H2,1-3H3,(H,23,29)/t16-/m1/s1. The average molecular weight is 403 g/mol. The third-order valence-electron chi connectivity index (χ3n) is 5.10. The largest absolute Gasteiger partial charge is 0.491 e. The van der Waals surface area contributed by atoms with Crippen molar-refractivity contribution in [2.75, 3.05) is 5.32 Å². The Morgan fingerprint density at radius 3 is 2.90 bits per heavy atom. The molecule has 0 saturated carbocycles. The Morgan fingerprint density at radius 2 is 2.07 bits per heavy atom. The summed E-state index contributed by atoms with van der Waals surface area (Å²) in [5, 5.41) is 20.0. The molecular weight excluding hydrogens is 382 g/mol. The summed E-state index contributed by atoms with van der Waals surface area (Å²) in [6, 6.07) is 11.5. The van der Waals surface area contributed by atoms with Gasteiger partial charge in [0.15, 0.2) is 11.5 Å². The molecule has 5 rings (SSSR count). The van der Waals surface area contributed by atoms with Gasteiger partial charge in [0.2, 0.25) is 5.91 Å². The lowest BCUT2D eigenvalue weighted by molar-refractivity contribution is -0.116. The van der Waals surface area contributed by atoms with Crippen LogP contribution in [0.1, 0.15) is 43.0 Å². The number of hydrogen-bond acceptors (Lipinski definition) is 6. The molecule has 0 radical (unpaired) electrons. The van der Waals surface area contributed by atoms with Crippen molar-refractivity contribution in [2.24, 2.45) is 0 Å². The zero-order chi connectivity index (χ0) is 20.8. The SMILES string of the molecule is Cc1nn(-c2ccc3nncn3n2)c2c1[C@@H](c1cccc(OC(C)C)c1)CC(=O)N2. The molecule has 1 aliphatic heterocycles. The van der Waals surface area contributed by atoms with Crippen LogP contribution >= 0.6 is 0 Å². The van der Waals surface area contributed by atoms with Crippen molar-refractivity contribution in [2.45, 2.75) is 39.2 Å². The Kier molecular flexibility index (Phi) is 4.23. The molecule has 152 valence electrons. The van der Waals surface area contributed by atoms with Gasteiger partial charge in [-0.15, -0.1) is 15.3 Å². The van der Waals surface area contributed by atoms with Gasteiger partial charge in [0.05, 0.1) is 11.8 Å². The summed E-state index contributed by atoms with van der Waals surface area (Å²) < 4.78 is 9.10. The summed E-state index contributed by atoms with van der Waals surface area (Å²) in [6.07, 6.45) is 1.96. The highest BCUT2D eigenvalue weighted by Gasteiger charge is 2.33. The molecule has 0 spiro atoms. The molecule has 9 heteroatoms. The number of hydrogen-bond donors (Lipinski definition) is 1. The predicted octanol–water partition coefficient (Wildman–Crippen LogP) is 2.88. The third kappa shape index (κ3) is 3.08. The Balaban J connectivity index is 1.61. The van der Waals surface area contributed by atoms with Gasteiger partial charge in [0.1, 0.15) is 17.9 Å². The Hall–Kier alpha value is -3.75. The first kappa shape index (κ1) is 18.3. The number of amides is 1. The summed E-state index contributed by atoms with van der Waals surface area (Å²) in [6.45, 7) is 5.94. The maximum Gasteiger partial charge on any atom is 0.226 e. The molecule has 1 N–H and O–H groups in total. The number of rotatable bonds is 4. The van der Waals surface area contributed by atoms with Crippen LogP contribution in [0.4, 0.5) is 5.82 Å². The highest BCUT2D eigenvalue weighted by Crippen LogP contribution is 2.40. The van der Waals surface area contributed by atoms with Crippen molar-refractivity contribution < 1.29 is 9.53 Å². The van der Waals surface area contributed by atoms with Crippen LogP contribution in [-0.2, 0) is 4.79 Å². The monoisotopic (exact) mass is 403 g/mol. The molecular formula is C21H21N7O2. The molecule has 0 fully saturated rings. The van der Waals surface area contributed by atoms with Crippen LogP contribution in [0.2, 0.25) is 0 Å². The molecule has 0 unspecified atom stereocenters. The number of nitrogens with zero attached hydrogens (tertiary/aromatic N) is 6. The van der Waals surface area contributed by atoms with Gasteiger partial charge < -0.3 is 10.1 Å². The van der Waals surface area contributed by atoms with Crippen LogP contribution in [0.25, 0.3) is 11.5 Å². The fourth-order valence-electron chi connectivity index (χ4n) is 3.91. The van der Waals surface area contributed by atoms with Crippen molar-refractivity contribution in [3.8, 4) is 11.6 Å². The lowest BCUT2D eigenvalue weighted by Gasteiger charge is -2.24. The van der Waals surface area contributed by atoms with Crippen LogP contribution in [0.15, 0.2) is 42.7 Å². The molecule has 30 heavy (non-hydrogen) atoms. The van der Waals surface area contributed by atoms with Crippen molar-refractivity contribution in [1.82, 2.24) is 29.6 Å². The molecule has 3 aromatic heterocycles. The van der Waals surface area contributed by atoms with E-state index in [-0.39, 0.29) is 17.9 Å². The van der Waals surface area contributed by atoms with Gasteiger partial charge >= 0.3 is 0 Å². The van der Waals surface area contributed by atoms with Crippen molar-refractivity contribution in [1.29, 1.82) is 0 Å². The van der Waals surface area contributed by atoms with E-state index >= 15 is 0 Å². The van der Waals surface area contributed by atoms with Crippen LogP contribution in [0.3, 0.4) is 0 Å². The second-order valence-corrected chi connectivity index (χ2v) is 7.63. The van der Waals surface area contributed by atoms with E-state index < -0.39 is 0 Å². The smallest absolute Gasteiger partial charge is 0.226 e. The highest BCUT2D eigenvalue weighted by molar-refractivity contribution is 5.95. The van der Waals surface area contributed by atoms with E-state index in [9.17, 15) is 4.79 Å². The molecule has 4 heterocycles. The molecule has 1 aromatic carbocycles. The Morgan fingerprint density at radius 1 is 1.20 bits per heavy atom. The number of carbonyl (C=O) groups excluding carboxylic acids is 1. The number of fused-ring (bicyclic) bond motifs is 2. The van der Waals surface area contributed by atoms with E-state index in [4.69, 9.17) is 4.74 Å². The lowest BCUT2D eigenvalue weighted by atomic mass is 9.86. The molecule has 1 amide bonds. The van der Waals surface area contributed by atoms with Crippen LogP contribution in [-0.4, -0.2) is 41.6 Å². The van der Waals surface area contributed by atoms with Crippen LogP contribution in [0, 0.1) is 6.92 Å². The van der Waals surface area contributed by atoms with Gasteiger partial charge in [0, 0.05) is 17.9 Å². The molecule has 1 aliphatic rings. The van der Waals surface area contributed by atoms with E-state index in [1.165, 1.54) is 6.33 Å². The molecule has 9 nitrogen and oxygen atoms in total. The number of ether oxygens (including phenoxy) is 1. The summed E-state index contributed by atoms with van der Waals surface area (Å²) in [4.78, 5) is 12.6. The van der Waals surface area contributed by atoms with Crippen LogP contribution in [0.5, 0.6) is 5.75 Å². The van der Waals surface area contributed by atoms with Gasteiger partial charge in [-0.3, -0.25) is 4.79 Å². The van der Waals surface area contributed by atoms with Gasteiger partial charge in [-0.25, -0.2) is 0 Å². The maximum atomic E-state index is 12.6. The second-order valence-electron chi connectivity index (χ2n) is 7.63. The van der Waals surface area contributed by atoms with Gasteiger partial charge in [-0.05, 0) is 50.6 Å². The number of anilines is 1. The van der Waals surface area contributed by atoms with E-state index in [1.54, 1.807) is 9.20 Å². The van der Waals surface area contributed by atoms with E-state index in [2.05, 4.69) is 25.7 Å². The minimum atomic E-state index is -0.114. The molecule has 4 aromatic rings. The second kappa shape index (κ2) is 6.94. The van der Waals surface area contributed by atoms with Crippen molar-refractivity contribution in [3.05, 3.63) is 59.5 Å². The molecule has 0 bridgehead atoms. The number of aromatic nitrogens is 6. The summed E-state index contributed by atoms with van der Waals surface area (Å²) in [5.41, 5.74) is 3.49. The number of carbonyl (C=O) groups is 1. The van der Waals surface area contributed by atoms with E-state index in [0.29, 0.717) is 23.7 Å². The quantitative estimate of drug-likeness (QED) is 0.562. The first-order chi connectivity index (χ1) is 14.5. The molecule has 0 aliphatic carbocycles. The Labute approximate surface area is 172 Å². The summed E-state index contributed by atoms with van der Waals surface area (Å²) >= 11 is 0. The fourth-order valence-corrected chi connectivity index (χ4v) is 3.91. The molecule has 0 saturated heterocycles. The summed E-state index contributed by atoms with van der Waals surface area (Å²) in [5.74, 6) is 1.83. The number of benzene rings is 1. The minimum Gasteiger partial charge on any atom is -0.491 e. The van der Waals surface area contributed by atoms with E-state index in [0.717, 1.165) is 22.6 Å². The van der Waals surface area contributed by atoms with Gasteiger partial charge in [-0.2, -0.15) is 14.3 Å². The summed E-state index contributed by atoms with van der Waals surface area (Å²) in [7, 11) is 0.